The zero-order valence-electron chi connectivity index (χ0n) is 14.0. The zero-order chi connectivity index (χ0) is 20.3. The van der Waals surface area contributed by atoms with Crippen molar-refractivity contribution in [3.63, 3.8) is 0 Å². The van der Waals surface area contributed by atoms with Crippen molar-refractivity contribution in [2.24, 2.45) is 0 Å². The van der Waals surface area contributed by atoms with Crippen molar-refractivity contribution < 1.29 is 26.7 Å². The highest BCUT2D eigenvalue weighted by Gasteiger charge is 2.30. The number of alkyl halides is 3. The number of hydrogen-bond donors (Lipinski definition) is 2. The number of carbonyl (C=O) groups excluding carboxylic acids is 1. The lowest BCUT2D eigenvalue weighted by atomic mass is 10.1. The third kappa shape index (κ3) is 4.43. The van der Waals surface area contributed by atoms with Crippen molar-refractivity contribution in [2.45, 2.75) is 6.18 Å². The summed E-state index contributed by atoms with van der Waals surface area (Å²) in [7, 11) is 0. The Kier molecular flexibility index (Phi) is 5.25. The second-order valence-corrected chi connectivity index (χ2v) is 5.68. The Bertz CT molecular complexity index is 1020. The van der Waals surface area contributed by atoms with Gasteiger partial charge in [0.15, 0.2) is 0 Å². The monoisotopic (exact) mass is 393 g/mol. The molecule has 9 heteroatoms. The van der Waals surface area contributed by atoms with Crippen LogP contribution in [-0.4, -0.2) is 10.9 Å². The molecule has 144 valence electrons. The minimum absolute atomic E-state index is 0.0261. The lowest BCUT2D eigenvalue weighted by molar-refractivity contribution is -0.137. The molecule has 3 aromatic rings. The number of anilines is 3. The fraction of sp³-hybridized carbons (Fsp3) is 0.0526. The Labute approximate surface area is 156 Å². The highest BCUT2D eigenvalue weighted by atomic mass is 19.4. The van der Waals surface area contributed by atoms with Crippen molar-refractivity contribution in [1.82, 2.24) is 4.98 Å². The van der Waals surface area contributed by atoms with E-state index in [1.807, 2.05) is 0 Å². The summed E-state index contributed by atoms with van der Waals surface area (Å²) in [5.74, 6) is -2.57. The summed E-state index contributed by atoms with van der Waals surface area (Å²) in [6.07, 6.45) is -3.19. The molecule has 4 nitrogen and oxygen atoms in total. The standard InChI is InChI=1S/C19H12F5N3O/c20-12-6-7-16(15(21)10-12)27-18(28)14-5-2-8-25-17(14)26-13-4-1-3-11(9-13)19(22,23)24/h1-10H,(H,25,26)(H,27,28). The summed E-state index contributed by atoms with van der Waals surface area (Å²) >= 11 is 0. The molecule has 3 rings (SSSR count). The Morgan fingerprint density at radius 3 is 2.46 bits per heavy atom. The Morgan fingerprint density at radius 2 is 1.75 bits per heavy atom. The summed E-state index contributed by atoms with van der Waals surface area (Å²) in [5, 5.41) is 4.92. The van der Waals surface area contributed by atoms with E-state index in [1.54, 1.807) is 0 Å². The molecule has 0 unspecified atom stereocenters. The third-order valence-electron chi connectivity index (χ3n) is 3.68. The normalized spacial score (nSPS) is 11.2. The quantitative estimate of drug-likeness (QED) is 0.586. The number of nitrogens with zero attached hydrogens (tertiary/aromatic N) is 1. The number of benzene rings is 2. The molecule has 0 saturated carbocycles. The number of carbonyl (C=O) groups is 1. The number of hydrogen-bond acceptors (Lipinski definition) is 3. The van der Waals surface area contributed by atoms with Gasteiger partial charge in [0.05, 0.1) is 16.8 Å². The van der Waals surface area contributed by atoms with Crippen LogP contribution in [0.3, 0.4) is 0 Å². The molecular weight excluding hydrogens is 381 g/mol. The van der Waals surface area contributed by atoms with Crippen molar-refractivity contribution in [3.8, 4) is 0 Å². The minimum atomic E-state index is -4.53. The maximum absolute atomic E-state index is 13.7. The predicted molar refractivity (Wildman–Crippen MR) is 93.3 cm³/mol. The van der Waals surface area contributed by atoms with Crippen molar-refractivity contribution in [3.05, 3.63) is 83.6 Å². The van der Waals surface area contributed by atoms with E-state index >= 15 is 0 Å². The van der Waals surface area contributed by atoms with E-state index in [9.17, 15) is 26.7 Å². The zero-order valence-corrected chi connectivity index (χ0v) is 14.0. The topological polar surface area (TPSA) is 54.0 Å². The molecule has 0 aliphatic heterocycles. The van der Waals surface area contributed by atoms with Crippen molar-refractivity contribution in [2.75, 3.05) is 10.6 Å². The third-order valence-corrected chi connectivity index (χ3v) is 3.68. The van der Waals surface area contributed by atoms with E-state index in [2.05, 4.69) is 15.6 Å². The van der Waals surface area contributed by atoms with Crippen molar-refractivity contribution in [1.29, 1.82) is 0 Å². The van der Waals surface area contributed by atoms with Gasteiger partial charge < -0.3 is 10.6 Å². The smallest absolute Gasteiger partial charge is 0.340 e. The number of pyridine rings is 1. The molecule has 0 saturated heterocycles. The maximum atomic E-state index is 13.7. The van der Waals surface area contributed by atoms with Gasteiger partial charge in [0.1, 0.15) is 17.5 Å². The number of amides is 1. The fourth-order valence-corrected chi connectivity index (χ4v) is 2.38. The van der Waals surface area contributed by atoms with E-state index in [0.717, 1.165) is 24.3 Å². The SMILES string of the molecule is O=C(Nc1ccc(F)cc1F)c1cccnc1Nc1cccc(C(F)(F)F)c1. The number of aromatic nitrogens is 1. The Hall–Kier alpha value is -3.49. The van der Waals surface area contributed by atoms with Gasteiger partial charge in [-0.2, -0.15) is 13.2 Å². The van der Waals surface area contributed by atoms with Gasteiger partial charge in [-0.15, -0.1) is 0 Å². The van der Waals surface area contributed by atoms with Gasteiger partial charge in [0.2, 0.25) is 0 Å². The highest BCUT2D eigenvalue weighted by molar-refractivity contribution is 6.07. The molecule has 28 heavy (non-hydrogen) atoms. The second kappa shape index (κ2) is 7.63. The molecular formula is C19H12F5N3O. The van der Waals surface area contributed by atoms with E-state index in [4.69, 9.17) is 0 Å². The summed E-state index contributed by atoms with van der Waals surface area (Å²) in [6.45, 7) is 0. The first-order valence-corrected chi connectivity index (χ1v) is 7.90. The Balaban J connectivity index is 1.86. The first-order chi connectivity index (χ1) is 13.2. The first-order valence-electron chi connectivity index (χ1n) is 7.90. The molecule has 0 aliphatic rings. The van der Waals surface area contributed by atoms with Crippen LogP contribution in [0.15, 0.2) is 60.8 Å². The van der Waals surface area contributed by atoms with E-state index < -0.39 is 29.3 Å². The summed E-state index contributed by atoms with van der Waals surface area (Å²) in [6, 6.07) is 9.81. The van der Waals surface area contributed by atoms with Crippen molar-refractivity contribution >= 4 is 23.1 Å². The Morgan fingerprint density at radius 1 is 0.964 bits per heavy atom. The second-order valence-electron chi connectivity index (χ2n) is 5.68. The largest absolute Gasteiger partial charge is 0.416 e. The van der Waals surface area contributed by atoms with Gasteiger partial charge in [-0.05, 0) is 42.5 Å². The van der Waals surface area contributed by atoms with Crippen LogP contribution in [0.2, 0.25) is 0 Å². The van der Waals surface area contributed by atoms with Crippen LogP contribution in [-0.2, 0) is 6.18 Å². The molecule has 0 atom stereocenters. The molecule has 0 spiro atoms. The number of rotatable bonds is 4. The summed E-state index contributed by atoms with van der Waals surface area (Å²) in [5.41, 5.74) is -1.09. The van der Waals surface area contributed by atoms with Gasteiger partial charge in [0.25, 0.3) is 5.91 Å². The molecule has 0 radical (unpaired) electrons. The molecule has 0 aliphatic carbocycles. The van der Waals surface area contributed by atoms with Gasteiger partial charge >= 0.3 is 6.18 Å². The molecule has 0 fully saturated rings. The lowest BCUT2D eigenvalue weighted by Crippen LogP contribution is -2.15. The summed E-state index contributed by atoms with van der Waals surface area (Å²) in [4.78, 5) is 16.4. The lowest BCUT2D eigenvalue weighted by Gasteiger charge is -2.13. The number of halogens is 5. The van der Waals surface area contributed by atoms with E-state index in [1.165, 1.54) is 30.5 Å². The molecule has 2 aromatic carbocycles. The van der Waals surface area contributed by atoms with Crippen LogP contribution in [0.4, 0.5) is 39.1 Å². The molecule has 0 bridgehead atoms. The average molecular weight is 393 g/mol. The molecule has 1 aromatic heterocycles. The van der Waals surface area contributed by atoms with Gasteiger partial charge in [-0.3, -0.25) is 4.79 Å². The highest BCUT2D eigenvalue weighted by Crippen LogP contribution is 2.31. The molecule has 1 heterocycles. The van der Waals surface area contributed by atoms with Gasteiger partial charge in [-0.1, -0.05) is 6.07 Å². The first kappa shape index (κ1) is 19.3. The van der Waals surface area contributed by atoms with Crippen LogP contribution >= 0.6 is 0 Å². The summed E-state index contributed by atoms with van der Waals surface area (Å²) < 4.78 is 65.3. The van der Waals surface area contributed by atoms with Crippen LogP contribution in [0.25, 0.3) is 0 Å². The minimum Gasteiger partial charge on any atom is -0.340 e. The van der Waals surface area contributed by atoms with Crippen LogP contribution in [0.5, 0.6) is 0 Å². The van der Waals surface area contributed by atoms with Crippen LogP contribution in [0.1, 0.15) is 15.9 Å². The fourth-order valence-electron chi connectivity index (χ4n) is 2.38. The van der Waals surface area contributed by atoms with E-state index in [-0.39, 0.29) is 22.8 Å². The molecule has 1 amide bonds. The van der Waals surface area contributed by atoms with Crippen LogP contribution in [0, 0.1) is 11.6 Å². The van der Waals surface area contributed by atoms with Crippen LogP contribution < -0.4 is 10.6 Å². The molecule has 2 N–H and O–H groups in total. The van der Waals surface area contributed by atoms with Gasteiger partial charge in [0, 0.05) is 18.0 Å². The number of nitrogens with one attached hydrogen (secondary N) is 2. The predicted octanol–water partition coefficient (Wildman–Crippen LogP) is 5.37. The van der Waals surface area contributed by atoms with E-state index in [0.29, 0.717) is 6.07 Å². The van der Waals surface area contributed by atoms with Gasteiger partial charge in [-0.25, -0.2) is 13.8 Å². The maximum Gasteiger partial charge on any atom is 0.416 e. The average Bonchev–Trinajstić information content (AvgIpc) is 2.64.